The lowest BCUT2D eigenvalue weighted by molar-refractivity contribution is 0.153. The average molecular weight is 334 g/mol. The van der Waals surface area contributed by atoms with Crippen LogP contribution in [0.4, 0.5) is 4.79 Å². The number of nitrogens with one attached hydrogen (secondary N) is 1. The first kappa shape index (κ1) is 17.0. The fourth-order valence-corrected chi connectivity index (χ4v) is 3.32. The Morgan fingerprint density at radius 3 is 3.17 bits per heavy atom. The van der Waals surface area contributed by atoms with Gasteiger partial charge >= 0.3 is 6.03 Å². The lowest BCUT2D eigenvalue weighted by Gasteiger charge is -2.24. The van der Waals surface area contributed by atoms with Crippen LogP contribution in [-0.2, 0) is 16.1 Å². The van der Waals surface area contributed by atoms with E-state index in [4.69, 9.17) is 13.9 Å². The molecule has 0 aromatic carbocycles. The van der Waals surface area contributed by atoms with Gasteiger partial charge in [-0.3, -0.25) is 0 Å². The van der Waals surface area contributed by atoms with E-state index in [0.717, 1.165) is 50.4 Å². The molecule has 0 aliphatic carbocycles. The second-order valence-electron chi connectivity index (χ2n) is 6.26. The van der Waals surface area contributed by atoms with Gasteiger partial charge in [0.05, 0.1) is 19.3 Å². The molecule has 0 bridgehead atoms. The summed E-state index contributed by atoms with van der Waals surface area (Å²) in [6, 6.07) is 3.90. The highest BCUT2D eigenvalue weighted by atomic mass is 16.5. The predicted octanol–water partition coefficient (Wildman–Crippen LogP) is 3.01. The van der Waals surface area contributed by atoms with Crippen molar-refractivity contribution in [3.63, 3.8) is 0 Å². The van der Waals surface area contributed by atoms with Crippen molar-refractivity contribution >= 4 is 6.03 Å². The molecule has 3 rings (SSSR count). The van der Waals surface area contributed by atoms with Crippen LogP contribution < -0.4 is 5.32 Å². The third-order valence-corrected chi connectivity index (χ3v) is 4.59. The summed E-state index contributed by atoms with van der Waals surface area (Å²) in [4.78, 5) is 14.4. The zero-order valence-corrected chi connectivity index (χ0v) is 14.3. The summed E-state index contributed by atoms with van der Waals surface area (Å²) in [5, 5.41) is 3.04. The van der Waals surface area contributed by atoms with E-state index >= 15 is 0 Å². The Labute approximate surface area is 142 Å². The molecule has 1 atom stereocenters. The molecule has 1 aromatic rings. The van der Waals surface area contributed by atoms with Crippen LogP contribution in [0.1, 0.15) is 43.2 Å². The van der Waals surface area contributed by atoms with E-state index in [2.05, 4.69) is 11.4 Å². The van der Waals surface area contributed by atoms with Crippen LogP contribution >= 0.6 is 0 Å². The van der Waals surface area contributed by atoms with Gasteiger partial charge < -0.3 is 24.1 Å². The Morgan fingerprint density at radius 2 is 2.38 bits per heavy atom. The number of carbonyl (C=O) groups excluding carboxylic acids is 1. The Morgan fingerprint density at radius 1 is 1.46 bits per heavy atom. The number of rotatable bonds is 6. The minimum absolute atomic E-state index is 0.00477. The van der Waals surface area contributed by atoms with Crippen molar-refractivity contribution in [2.75, 3.05) is 33.4 Å². The second kappa shape index (κ2) is 8.35. The van der Waals surface area contributed by atoms with Crippen molar-refractivity contribution < 1.29 is 18.7 Å². The van der Waals surface area contributed by atoms with Gasteiger partial charge in [0, 0.05) is 20.2 Å². The van der Waals surface area contributed by atoms with E-state index in [1.807, 2.05) is 17.0 Å². The second-order valence-corrected chi connectivity index (χ2v) is 6.26. The quantitative estimate of drug-likeness (QED) is 0.812. The SMILES string of the molecule is COCc1ccc(C2CCCN2C(=O)NCCC2=CCOCC2)o1. The smallest absolute Gasteiger partial charge is 0.318 e. The minimum Gasteiger partial charge on any atom is -0.461 e. The van der Waals surface area contributed by atoms with Gasteiger partial charge in [-0.1, -0.05) is 11.6 Å². The van der Waals surface area contributed by atoms with E-state index in [9.17, 15) is 4.79 Å². The Hall–Kier alpha value is -1.79. The van der Waals surface area contributed by atoms with Crippen LogP contribution in [0, 0.1) is 0 Å². The highest BCUT2D eigenvalue weighted by Crippen LogP contribution is 2.33. The molecule has 2 aliphatic heterocycles. The lowest BCUT2D eigenvalue weighted by atomic mass is 10.1. The molecule has 1 fully saturated rings. The molecule has 1 unspecified atom stereocenters. The molecule has 1 N–H and O–H groups in total. The maximum absolute atomic E-state index is 12.5. The van der Waals surface area contributed by atoms with Crippen molar-refractivity contribution in [1.29, 1.82) is 0 Å². The van der Waals surface area contributed by atoms with Gasteiger partial charge in [0.2, 0.25) is 0 Å². The maximum Gasteiger partial charge on any atom is 0.318 e. The number of furan rings is 1. The van der Waals surface area contributed by atoms with E-state index in [0.29, 0.717) is 19.8 Å². The average Bonchev–Trinajstić information content (AvgIpc) is 3.25. The normalized spacial score (nSPS) is 21.0. The van der Waals surface area contributed by atoms with Crippen molar-refractivity contribution in [2.45, 2.75) is 38.3 Å². The topological polar surface area (TPSA) is 63.9 Å². The number of nitrogens with zero attached hydrogens (tertiary/aromatic N) is 1. The molecule has 132 valence electrons. The van der Waals surface area contributed by atoms with Crippen LogP contribution in [0.25, 0.3) is 0 Å². The van der Waals surface area contributed by atoms with Crippen molar-refractivity contribution in [3.8, 4) is 0 Å². The van der Waals surface area contributed by atoms with Crippen LogP contribution in [0.3, 0.4) is 0 Å². The first-order valence-electron chi connectivity index (χ1n) is 8.65. The molecule has 0 spiro atoms. The standard InChI is InChI=1S/C18H26N2O4/c1-22-13-15-4-5-17(24-15)16-3-2-10-20(16)18(21)19-9-6-14-7-11-23-12-8-14/h4-5,7,16H,2-3,6,8-13H2,1H3,(H,19,21). The van der Waals surface area contributed by atoms with Gasteiger partial charge in [0.1, 0.15) is 18.1 Å². The van der Waals surface area contributed by atoms with Crippen LogP contribution in [-0.4, -0.2) is 44.3 Å². The van der Waals surface area contributed by atoms with Gasteiger partial charge in [0.25, 0.3) is 0 Å². The minimum atomic E-state index is -0.00477. The molecule has 3 heterocycles. The van der Waals surface area contributed by atoms with E-state index in [1.54, 1.807) is 7.11 Å². The summed E-state index contributed by atoms with van der Waals surface area (Å²) in [7, 11) is 1.64. The number of urea groups is 1. The van der Waals surface area contributed by atoms with Crippen LogP contribution in [0.2, 0.25) is 0 Å². The predicted molar refractivity (Wildman–Crippen MR) is 89.6 cm³/mol. The largest absolute Gasteiger partial charge is 0.461 e. The molecule has 6 nitrogen and oxygen atoms in total. The molecular weight excluding hydrogens is 308 g/mol. The fourth-order valence-electron chi connectivity index (χ4n) is 3.32. The van der Waals surface area contributed by atoms with Gasteiger partial charge in [-0.05, 0) is 37.8 Å². The Kier molecular flexibility index (Phi) is 5.93. The molecule has 2 aliphatic rings. The third kappa shape index (κ3) is 4.19. The number of hydrogen-bond donors (Lipinski definition) is 1. The van der Waals surface area contributed by atoms with E-state index in [-0.39, 0.29) is 12.1 Å². The van der Waals surface area contributed by atoms with E-state index in [1.165, 1.54) is 5.57 Å². The van der Waals surface area contributed by atoms with E-state index < -0.39 is 0 Å². The van der Waals surface area contributed by atoms with Gasteiger partial charge in [-0.2, -0.15) is 0 Å². The number of ether oxygens (including phenoxy) is 2. The zero-order chi connectivity index (χ0) is 16.8. The molecule has 0 radical (unpaired) electrons. The summed E-state index contributed by atoms with van der Waals surface area (Å²) in [6.07, 6.45) is 5.93. The van der Waals surface area contributed by atoms with Gasteiger partial charge in [-0.25, -0.2) is 4.79 Å². The first-order chi connectivity index (χ1) is 11.8. The number of carbonyl (C=O) groups is 1. The number of hydrogen-bond acceptors (Lipinski definition) is 4. The van der Waals surface area contributed by atoms with Crippen molar-refractivity contribution in [3.05, 3.63) is 35.3 Å². The Bertz CT molecular complexity index is 581. The van der Waals surface area contributed by atoms with Crippen LogP contribution in [0.5, 0.6) is 0 Å². The third-order valence-electron chi connectivity index (χ3n) is 4.59. The molecular formula is C18H26N2O4. The zero-order valence-electron chi connectivity index (χ0n) is 14.3. The highest BCUT2D eigenvalue weighted by molar-refractivity contribution is 5.75. The monoisotopic (exact) mass is 334 g/mol. The Balaban J connectivity index is 1.52. The lowest BCUT2D eigenvalue weighted by Crippen LogP contribution is -2.39. The van der Waals surface area contributed by atoms with Crippen molar-refractivity contribution in [1.82, 2.24) is 10.2 Å². The summed E-state index contributed by atoms with van der Waals surface area (Å²) in [5.41, 5.74) is 1.37. The van der Waals surface area contributed by atoms with Gasteiger partial charge in [0.15, 0.2) is 0 Å². The summed E-state index contributed by atoms with van der Waals surface area (Å²) < 4.78 is 16.2. The molecule has 2 amide bonds. The molecule has 1 saturated heterocycles. The highest BCUT2D eigenvalue weighted by Gasteiger charge is 2.32. The molecule has 0 saturated carbocycles. The number of amides is 2. The van der Waals surface area contributed by atoms with Gasteiger partial charge in [-0.15, -0.1) is 0 Å². The summed E-state index contributed by atoms with van der Waals surface area (Å²) in [5.74, 6) is 1.65. The first-order valence-corrected chi connectivity index (χ1v) is 8.65. The molecule has 1 aromatic heterocycles. The molecule has 24 heavy (non-hydrogen) atoms. The summed E-state index contributed by atoms with van der Waals surface area (Å²) in [6.45, 7) is 3.38. The fraction of sp³-hybridized carbons (Fsp3) is 0.611. The number of methoxy groups -OCH3 is 1. The molecule has 6 heteroatoms. The summed E-state index contributed by atoms with van der Waals surface area (Å²) >= 11 is 0. The van der Waals surface area contributed by atoms with Crippen molar-refractivity contribution in [2.24, 2.45) is 0 Å². The number of likely N-dealkylation sites (tertiary alicyclic amines) is 1. The van der Waals surface area contributed by atoms with Crippen LogP contribution in [0.15, 0.2) is 28.2 Å². The maximum atomic E-state index is 12.5.